The molecule has 0 aliphatic heterocycles. The first kappa shape index (κ1) is 21.6. The van der Waals surface area contributed by atoms with Gasteiger partial charge < -0.3 is 14.5 Å². The van der Waals surface area contributed by atoms with Crippen LogP contribution in [-0.4, -0.2) is 31.6 Å². The number of para-hydroxylation sites is 1. The highest BCUT2D eigenvalue weighted by atomic mass is 32.2. The predicted molar refractivity (Wildman–Crippen MR) is 122 cm³/mol. The SMILES string of the molecule is Cc1cccc(OCc2nnc(SCC(=O)Nc3c(C)nn(-c4ccccc4)c3C)o2)c1. The maximum Gasteiger partial charge on any atom is 0.277 e. The smallest absolute Gasteiger partial charge is 0.277 e. The van der Waals surface area contributed by atoms with Gasteiger partial charge in [-0.1, -0.05) is 42.1 Å². The molecule has 164 valence electrons. The molecular weight excluding hydrogens is 426 g/mol. The predicted octanol–water partition coefficient (Wildman–Crippen LogP) is 4.49. The molecule has 0 fully saturated rings. The second-order valence-corrected chi connectivity index (χ2v) is 8.12. The van der Waals surface area contributed by atoms with E-state index in [0.29, 0.717) is 16.8 Å². The lowest BCUT2D eigenvalue weighted by Gasteiger charge is -2.06. The Labute approximate surface area is 190 Å². The van der Waals surface area contributed by atoms with Gasteiger partial charge in [0, 0.05) is 0 Å². The quantitative estimate of drug-likeness (QED) is 0.396. The van der Waals surface area contributed by atoms with Crippen molar-refractivity contribution in [1.29, 1.82) is 0 Å². The van der Waals surface area contributed by atoms with E-state index in [0.717, 1.165) is 28.4 Å². The van der Waals surface area contributed by atoms with Crippen LogP contribution in [0.3, 0.4) is 0 Å². The zero-order valence-electron chi connectivity index (χ0n) is 18.0. The Balaban J connectivity index is 1.32. The van der Waals surface area contributed by atoms with Gasteiger partial charge in [0.2, 0.25) is 5.91 Å². The molecule has 2 heterocycles. The van der Waals surface area contributed by atoms with Gasteiger partial charge in [-0.15, -0.1) is 10.2 Å². The van der Waals surface area contributed by atoms with E-state index in [1.807, 2.05) is 80.1 Å². The number of carbonyl (C=O) groups excluding carboxylic acids is 1. The molecule has 0 atom stereocenters. The van der Waals surface area contributed by atoms with Crippen molar-refractivity contribution in [3.05, 3.63) is 77.4 Å². The number of aryl methyl sites for hydroxylation is 2. The maximum absolute atomic E-state index is 12.5. The van der Waals surface area contributed by atoms with Gasteiger partial charge in [-0.05, 0) is 50.6 Å². The van der Waals surface area contributed by atoms with E-state index in [1.165, 1.54) is 11.8 Å². The lowest BCUT2D eigenvalue weighted by atomic mass is 10.2. The third kappa shape index (κ3) is 5.17. The fourth-order valence-corrected chi connectivity index (χ4v) is 3.73. The van der Waals surface area contributed by atoms with Crippen molar-refractivity contribution in [3.63, 3.8) is 0 Å². The Hall–Kier alpha value is -3.59. The number of hydrogen-bond donors (Lipinski definition) is 1. The molecule has 1 amide bonds. The van der Waals surface area contributed by atoms with Crippen LogP contribution in [0.15, 0.2) is 64.2 Å². The molecule has 0 saturated carbocycles. The largest absolute Gasteiger partial charge is 0.484 e. The fourth-order valence-electron chi connectivity index (χ4n) is 3.15. The number of anilines is 1. The van der Waals surface area contributed by atoms with Gasteiger partial charge in [-0.2, -0.15) is 5.10 Å². The summed E-state index contributed by atoms with van der Waals surface area (Å²) in [6.45, 7) is 5.96. The van der Waals surface area contributed by atoms with Crippen LogP contribution in [-0.2, 0) is 11.4 Å². The third-order valence-corrected chi connectivity index (χ3v) is 5.50. The van der Waals surface area contributed by atoms with Crippen molar-refractivity contribution in [1.82, 2.24) is 20.0 Å². The number of nitrogens with zero attached hydrogens (tertiary/aromatic N) is 4. The molecular formula is C23H23N5O3S. The Bertz CT molecular complexity index is 1220. The summed E-state index contributed by atoms with van der Waals surface area (Å²) in [4.78, 5) is 12.5. The summed E-state index contributed by atoms with van der Waals surface area (Å²) in [6, 6.07) is 17.5. The van der Waals surface area contributed by atoms with Gasteiger partial charge in [-0.3, -0.25) is 4.79 Å². The zero-order valence-corrected chi connectivity index (χ0v) is 18.8. The Morgan fingerprint density at radius 1 is 1.09 bits per heavy atom. The summed E-state index contributed by atoms with van der Waals surface area (Å²) in [7, 11) is 0. The minimum absolute atomic E-state index is 0.135. The number of amides is 1. The van der Waals surface area contributed by atoms with Gasteiger partial charge >= 0.3 is 0 Å². The molecule has 0 bridgehead atoms. The summed E-state index contributed by atoms with van der Waals surface area (Å²) in [5.74, 6) is 1.05. The summed E-state index contributed by atoms with van der Waals surface area (Å²) < 4.78 is 13.0. The molecule has 4 aromatic rings. The van der Waals surface area contributed by atoms with E-state index < -0.39 is 0 Å². The number of aromatic nitrogens is 4. The molecule has 32 heavy (non-hydrogen) atoms. The Morgan fingerprint density at radius 2 is 1.91 bits per heavy atom. The van der Waals surface area contributed by atoms with Crippen LogP contribution >= 0.6 is 11.8 Å². The molecule has 8 nitrogen and oxygen atoms in total. The number of rotatable bonds is 8. The first-order valence-corrected chi connectivity index (χ1v) is 11.0. The number of carbonyl (C=O) groups is 1. The van der Waals surface area contributed by atoms with Gasteiger partial charge in [0.25, 0.3) is 11.1 Å². The molecule has 0 spiro atoms. The first-order chi connectivity index (χ1) is 15.5. The van der Waals surface area contributed by atoms with Crippen LogP contribution in [0.1, 0.15) is 22.8 Å². The number of thioether (sulfide) groups is 1. The van der Waals surface area contributed by atoms with Crippen molar-refractivity contribution in [3.8, 4) is 11.4 Å². The lowest BCUT2D eigenvalue weighted by molar-refractivity contribution is -0.113. The summed E-state index contributed by atoms with van der Waals surface area (Å²) in [5.41, 5.74) is 4.36. The third-order valence-electron chi connectivity index (χ3n) is 4.68. The summed E-state index contributed by atoms with van der Waals surface area (Å²) in [6.07, 6.45) is 0. The second kappa shape index (κ2) is 9.69. The maximum atomic E-state index is 12.5. The highest BCUT2D eigenvalue weighted by molar-refractivity contribution is 7.99. The summed E-state index contributed by atoms with van der Waals surface area (Å²) in [5, 5.41) is 15.7. The second-order valence-electron chi connectivity index (χ2n) is 7.20. The van der Waals surface area contributed by atoms with Crippen LogP contribution in [0.5, 0.6) is 5.75 Å². The van der Waals surface area contributed by atoms with Crippen LogP contribution in [0.2, 0.25) is 0 Å². The van der Waals surface area contributed by atoms with Crippen LogP contribution in [0.25, 0.3) is 5.69 Å². The minimum atomic E-state index is -0.176. The highest BCUT2D eigenvalue weighted by Crippen LogP contribution is 2.24. The van der Waals surface area contributed by atoms with Gasteiger partial charge in [0.05, 0.1) is 28.5 Å². The molecule has 0 aliphatic rings. The van der Waals surface area contributed by atoms with Gasteiger partial charge in [0.15, 0.2) is 6.61 Å². The topological polar surface area (TPSA) is 95.1 Å². The van der Waals surface area contributed by atoms with E-state index in [1.54, 1.807) is 0 Å². The highest BCUT2D eigenvalue weighted by Gasteiger charge is 2.16. The zero-order chi connectivity index (χ0) is 22.5. The minimum Gasteiger partial charge on any atom is -0.484 e. The molecule has 0 unspecified atom stereocenters. The summed E-state index contributed by atoms with van der Waals surface area (Å²) >= 11 is 1.17. The Morgan fingerprint density at radius 3 is 2.69 bits per heavy atom. The van der Waals surface area contributed by atoms with E-state index >= 15 is 0 Å². The molecule has 4 rings (SSSR count). The van der Waals surface area contributed by atoms with Crippen LogP contribution < -0.4 is 10.1 Å². The molecule has 1 N–H and O–H groups in total. The normalized spacial score (nSPS) is 10.8. The number of ether oxygens (including phenoxy) is 1. The molecule has 2 aromatic heterocycles. The first-order valence-electron chi connectivity index (χ1n) is 10.1. The number of benzene rings is 2. The number of nitrogens with one attached hydrogen (secondary N) is 1. The van der Waals surface area contributed by atoms with Crippen LogP contribution in [0, 0.1) is 20.8 Å². The molecule has 0 radical (unpaired) electrons. The van der Waals surface area contributed by atoms with Crippen molar-refractivity contribution in [2.45, 2.75) is 32.6 Å². The fraction of sp³-hybridized carbons (Fsp3) is 0.217. The van der Waals surface area contributed by atoms with Crippen molar-refractivity contribution >= 4 is 23.4 Å². The van der Waals surface area contributed by atoms with Gasteiger partial charge in [0.1, 0.15) is 5.75 Å². The Kier molecular flexibility index (Phi) is 6.55. The molecule has 0 saturated heterocycles. The lowest BCUT2D eigenvalue weighted by Crippen LogP contribution is -2.15. The molecule has 0 aliphatic carbocycles. The molecule has 2 aromatic carbocycles. The van der Waals surface area contributed by atoms with Crippen molar-refractivity contribution < 1.29 is 13.9 Å². The average Bonchev–Trinajstić information content (AvgIpc) is 3.36. The van der Waals surface area contributed by atoms with E-state index in [-0.39, 0.29) is 18.3 Å². The van der Waals surface area contributed by atoms with Crippen LogP contribution in [0.4, 0.5) is 5.69 Å². The van der Waals surface area contributed by atoms with Gasteiger partial charge in [-0.25, -0.2) is 4.68 Å². The van der Waals surface area contributed by atoms with Crippen molar-refractivity contribution in [2.24, 2.45) is 0 Å². The standard InChI is InChI=1S/C23H23N5O3S/c1-15-8-7-11-19(12-15)30-13-21-25-26-23(31-21)32-14-20(29)24-22-16(2)27-28(17(22)3)18-9-5-4-6-10-18/h4-12H,13-14H2,1-3H3,(H,24,29). The average molecular weight is 450 g/mol. The molecule has 9 heteroatoms. The van der Waals surface area contributed by atoms with E-state index in [2.05, 4.69) is 20.6 Å². The van der Waals surface area contributed by atoms with Crippen molar-refractivity contribution in [2.75, 3.05) is 11.1 Å². The monoisotopic (exact) mass is 449 g/mol. The van der Waals surface area contributed by atoms with E-state index in [9.17, 15) is 4.79 Å². The van der Waals surface area contributed by atoms with E-state index in [4.69, 9.17) is 9.15 Å². The number of hydrogen-bond acceptors (Lipinski definition) is 7.